The third-order valence-electron chi connectivity index (χ3n) is 0.508. The van der Waals surface area contributed by atoms with Crippen molar-refractivity contribution in [3.63, 3.8) is 0 Å². The second-order valence-corrected chi connectivity index (χ2v) is 3.54. The van der Waals surface area contributed by atoms with Gasteiger partial charge < -0.3 is 4.80 Å². The summed E-state index contributed by atoms with van der Waals surface area (Å²) in [5, 5.41) is 0. The third-order valence-corrected chi connectivity index (χ3v) is 1.52. The lowest BCUT2D eigenvalue weighted by molar-refractivity contribution is 0.582. The van der Waals surface area contributed by atoms with Crippen molar-refractivity contribution in [3.05, 3.63) is 12.7 Å². The number of hydrogen-bond donors (Lipinski definition) is 1. The van der Waals surface area contributed by atoms with E-state index in [1.54, 1.807) is 6.08 Å². The zero-order valence-electron chi connectivity index (χ0n) is 4.02. The zero-order chi connectivity index (χ0) is 4.99. The molecule has 0 aromatic rings. The van der Waals surface area contributed by atoms with Crippen LogP contribution in [0.25, 0.3) is 0 Å². The second-order valence-electron chi connectivity index (χ2n) is 1.37. The van der Waals surface area contributed by atoms with E-state index in [0.717, 1.165) is 6.04 Å². The van der Waals surface area contributed by atoms with Gasteiger partial charge in [0.15, 0.2) is 9.04 Å². The fourth-order valence-corrected chi connectivity index (χ4v) is 0.724. The first-order valence-corrected chi connectivity index (χ1v) is 4.55. The standard InChI is InChI=1S/C4H10OSi/c1-3-4-6(2)5/h3,5-6H,1,4H2,2H3. The zero-order valence-corrected chi connectivity index (χ0v) is 5.17. The summed E-state index contributed by atoms with van der Waals surface area (Å²) in [6.45, 7) is 5.35. The van der Waals surface area contributed by atoms with Crippen molar-refractivity contribution in [2.45, 2.75) is 12.6 Å². The van der Waals surface area contributed by atoms with Crippen LogP contribution in [0.15, 0.2) is 12.7 Å². The van der Waals surface area contributed by atoms with Crippen molar-refractivity contribution >= 4 is 9.04 Å². The first-order valence-electron chi connectivity index (χ1n) is 2.06. The van der Waals surface area contributed by atoms with Crippen LogP contribution in [0, 0.1) is 0 Å². The fourth-order valence-electron chi connectivity index (χ4n) is 0.241. The molecule has 0 aliphatic carbocycles. The highest BCUT2D eigenvalue weighted by Gasteiger charge is 1.88. The van der Waals surface area contributed by atoms with Crippen LogP contribution in [0.1, 0.15) is 0 Å². The van der Waals surface area contributed by atoms with Crippen LogP contribution in [0.3, 0.4) is 0 Å². The van der Waals surface area contributed by atoms with Crippen LogP contribution in [0.4, 0.5) is 0 Å². The summed E-state index contributed by atoms with van der Waals surface area (Å²) >= 11 is 0. The van der Waals surface area contributed by atoms with E-state index in [2.05, 4.69) is 6.58 Å². The molecule has 0 saturated heterocycles. The smallest absolute Gasteiger partial charge is 0.173 e. The lowest BCUT2D eigenvalue weighted by atomic mass is 10.8. The van der Waals surface area contributed by atoms with E-state index in [4.69, 9.17) is 4.80 Å². The largest absolute Gasteiger partial charge is 0.435 e. The second kappa shape index (κ2) is 3.12. The topological polar surface area (TPSA) is 20.2 Å². The van der Waals surface area contributed by atoms with E-state index in [0.29, 0.717) is 0 Å². The Morgan fingerprint density at radius 3 is 2.50 bits per heavy atom. The van der Waals surface area contributed by atoms with Crippen LogP contribution in [-0.4, -0.2) is 13.8 Å². The van der Waals surface area contributed by atoms with E-state index in [1.807, 2.05) is 6.55 Å². The van der Waals surface area contributed by atoms with Crippen molar-refractivity contribution < 1.29 is 4.80 Å². The molecule has 0 fully saturated rings. The molecule has 0 rings (SSSR count). The van der Waals surface area contributed by atoms with Crippen LogP contribution in [0.2, 0.25) is 12.6 Å². The Morgan fingerprint density at radius 1 is 2.00 bits per heavy atom. The number of hydrogen-bond acceptors (Lipinski definition) is 1. The molecule has 0 aromatic carbocycles. The lowest BCUT2D eigenvalue weighted by Crippen LogP contribution is -2.00. The average Bonchev–Trinajstić information content (AvgIpc) is 1.35. The highest BCUT2D eigenvalue weighted by molar-refractivity contribution is 6.49. The molecule has 0 spiro atoms. The van der Waals surface area contributed by atoms with Crippen LogP contribution < -0.4 is 0 Å². The molecule has 0 heterocycles. The van der Waals surface area contributed by atoms with Crippen molar-refractivity contribution in [1.82, 2.24) is 0 Å². The van der Waals surface area contributed by atoms with Gasteiger partial charge in [0.1, 0.15) is 0 Å². The van der Waals surface area contributed by atoms with E-state index < -0.39 is 9.04 Å². The highest BCUT2D eigenvalue weighted by atomic mass is 28.3. The maximum atomic E-state index is 8.62. The predicted molar refractivity (Wildman–Crippen MR) is 30.2 cm³/mol. The van der Waals surface area contributed by atoms with Gasteiger partial charge in [-0.2, -0.15) is 0 Å². The Balaban J connectivity index is 2.81. The van der Waals surface area contributed by atoms with Gasteiger partial charge in [0.25, 0.3) is 0 Å². The van der Waals surface area contributed by atoms with Gasteiger partial charge in [-0.3, -0.25) is 0 Å². The van der Waals surface area contributed by atoms with Crippen molar-refractivity contribution in [1.29, 1.82) is 0 Å². The quantitative estimate of drug-likeness (QED) is 0.398. The fraction of sp³-hybridized carbons (Fsp3) is 0.500. The molecule has 1 unspecified atom stereocenters. The van der Waals surface area contributed by atoms with Crippen molar-refractivity contribution in [2.75, 3.05) is 0 Å². The summed E-state index contributed by atoms with van der Waals surface area (Å²) in [7, 11) is -1.29. The minimum atomic E-state index is -1.29. The summed E-state index contributed by atoms with van der Waals surface area (Å²) < 4.78 is 0. The normalized spacial score (nSPS) is 13.7. The number of rotatable bonds is 2. The molecule has 0 aromatic heterocycles. The molecule has 1 N–H and O–H groups in total. The Bertz CT molecular complexity index is 42.8. The molecule has 1 nitrogen and oxygen atoms in total. The summed E-state index contributed by atoms with van der Waals surface area (Å²) in [6.07, 6.45) is 1.76. The van der Waals surface area contributed by atoms with Gasteiger partial charge in [-0.15, -0.1) is 6.58 Å². The van der Waals surface area contributed by atoms with E-state index in [9.17, 15) is 0 Å². The summed E-state index contributed by atoms with van der Waals surface area (Å²) in [4.78, 5) is 8.62. The molecule has 36 valence electrons. The molecule has 0 amide bonds. The molecule has 0 aliphatic rings. The molecule has 6 heavy (non-hydrogen) atoms. The summed E-state index contributed by atoms with van der Waals surface area (Å²) in [5.41, 5.74) is 0. The number of allylic oxidation sites excluding steroid dienone is 1. The van der Waals surface area contributed by atoms with Crippen molar-refractivity contribution in [2.24, 2.45) is 0 Å². The molecule has 0 saturated carbocycles. The Hall–Kier alpha value is -0.0831. The Labute approximate surface area is 40.0 Å². The Kier molecular flexibility index (Phi) is 3.08. The van der Waals surface area contributed by atoms with Crippen LogP contribution in [-0.2, 0) is 0 Å². The first-order chi connectivity index (χ1) is 2.77. The minimum absolute atomic E-state index is 0.833. The third kappa shape index (κ3) is 3.92. The van der Waals surface area contributed by atoms with Crippen molar-refractivity contribution in [3.8, 4) is 0 Å². The molecular weight excluding hydrogens is 92.1 g/mol. The van der Waals surface area contributed by atoms with Gasteiger partial charge in [-0.25, -0.2) is 0 Å². The predicted octanol–water partition coefficient (Wildman–Crippen LogP) is 0.518. The van der Waals surface area contributed by atoms with Gasteiger partial charge in [0, 0.05) is 0 Å². The van der Waals surface area contributed by atoms with Crippen LogP contribution >= 0.6 is 0 Å². The maximum Gasteiger partial charge on any atom is 0.173 e. The molecular formula is C4H10OSi. The van der Waals surface area contributed by atoms with Gasteiger partial charge >= 0.3 is 0 Å². The Morgan fingerprint density at radius 2 is 2.50 bits per heavy atom. The molecule has 0 radical (unpaired) electrons. The maximum absolute atomic E-state index is 8.62. The molecule has 1 atom stereocenters. The first kappa shape index (κ1) is 5.92. The van der Waals surface area contributed by atoms with E-state index in [1.165, 1.54) is 0 Å². The average molecular weight is 102 g/mol. The molecule has 2 heteroatoms. The molecule has 0 bridgehead atoms. The van der Waals surface area contributed by atoms with Gasteiger partial charge in [-0.05, 0) is 12.6 Å². The monoisotopic (exact) mass is 102 g/mol. The van der Waals surface area contributed by atoms with Gasteiger partial charge in [-0.1, -0.05) is 6.08 Å². The SMILES string of the molecule is C=CC[SiH](C)O. The summed E-state index contributed by atoms with van der Waals surface area (Å²) in [5.74, 6) is 0. The van der Waals surface area contributed by atoms with Gasteiger partial charge in [0.2, 0.25) is 0 Å². The van der Waals surface area contributed by atoms with E-state index >= 15 is 0 Å². The highest BCUT2D eigenvalue weighted by Crippen LogP contribution is 1.83. The summed E-state index contributed by atoms with van der Waals surface area (Å²) in [6, 6.07) is 0.833. The van der Waals surface area contributed by atoms with E-state index in [-0.39, 0.29) is 0 Å². The lowest BCUT2D eigenvalue weighted by Gasteiger charge is -1.89. The minimum Gasteiger partial charge on any atom is -0.435 e. The van der Waals surface area contributed by atoms with Crippen LogP contribution in [0.5, 0.6) is 0 Å². The molecule has 0 aliphatic heterocycles. The van der Waals surface area contributed by atoms with Gasteiger partial charge in [0.05, 0.1) is 0 Å².